The molecule has 0 radical (unpaired) electrons. The highest BCUT2D eigenvalue weighted by molar-refractivity contribution is 7.22. The third-order valence-electron chi connectivity index (χ3n) is 2.54. The van der Waals surface area contributed by atoms with E-state index in [1.807, 2.05) is 17.5 Å². The van der Waals surface area contributed by atoms with Gasteiger partial charge in [0.15, 0.2) is 5.13 Å². The summed E-state index contributed by atoms with van der Waals surface area (Å²) in [5.74, 6) is -0.661. The summed E-state index contributed by atoms with van der Waals surface area (Å²) in [6, 6.07) is 8.58. The van der Waals surface area contributed by atoms with E-state index in [9.17, 15) is 9.18 Å². The van der Waals surface area contributed by atoms with Gasteiger partial charge in [-0.05, 0) is 29.7 Å². The smallest absolute Gasteiger partial charge is 0.250 e. The average molecular weight is 304 g/mol. The number of rotatable bonds is 3. The molecule has 3 nitrogen and oxygen atoms in total. The van der Waals surface area contributed by atoms with Gasteiger partial charge < -0.3 is 0 Å². The Morgan fingerprint density at radius 3 is 2.95 bits per heavy atom. The Balaban J connectivity index is 1.76. The van der Waals surface area contributed by atoms with Gasteiger partial charge in [0, 0.05) is 11.0 Å². The van der Waals surface area contributed by atoms with Crippen LogP contribution in [-0.2, 0) is 4.79 Å². The maximum Gasteiger partial charge on any atom is 0.250 e. The fourth-order valence-electron chi connectivity index (χ4n) is 1.66. The van der Waals surface area contributed by atoms with E-state index < -0.39 is 0 Å². The van der Waals surface area contributed by atoms with Gasteiger partial charge in [0.1, 0.15) is 11.3 Å². The summed E-state index contributed by atoms with van der Waals surface area (Å²) in [6.07, 6.45) is 3.17. The molecule has 1 amide bonds. The Morgan fingerprint density at radius 1 is 1.30 bits per heavy atom. The molecule has 2 aromatic heterocycles. The topological polar surface area (TPSA) is 42.0 Å². The van der Waals surface area contributed by atoms with Gasteiger partial charge in [-0.3, -0.25) is 10.1 Å². The number of thiazole rings is 1. The first-order chi connectivity index (χ1) is 9.72. The number of hydrogen-bond donors (Lipinski definition) is 1. The zero-order valence-electron chi connectivity index (χ0n) is 10.2. The van der Waals surface area contributed by atoms with Crippen molar-refractivity contribution < 1.29 is 9.18 Å². The van der Waals surface area contributed by atoms with Crippen LogP contribution in [-0.4, -0.2) is 10.9 Å². The number of para-hydroxylation sites is 1. The lowest BCUT2D eigenvalue weighted by atomic mass is 10.3. The number of carbonyl (C=O) groups is 1. The highest BCUT2D eigenvalue weighted by Gasteiger charge is 2.08. The van der Waals surface area contributed by atoms with Gasteiger partial charge in [-0.25, -0.2) is 9.37 Å². The molecule has 6 heteroatoms. The van der Waals surface area contributed by atoms with Crippen LogP contribution in [0.25, 0.3) is 16.3 Å². The lowest BCUT2D eigenvalue weighted by Gasteiger charge is -1.94. The normalized spacial score (nSPS) is 11.2. The molecule has 0 aliphatic carbocycles. The molecule has 100 valence electrons. The van der Waals surface area contributed by atoms with Crippen LogP contribution in [0.3, 0.4) is 0 Å². The van der Waals surface area contributed by atoms with Crippen molar-refractivity contribution in [3.05, 3.63) is 52.5 Å². The second-order valence-corrected chi connectivity index (χ2v) is 5.95. The van der Waals surface area contributed by atoms with Gasteiger partial charge in [-0.1, -0.05) is 23.5 Å². The van der Waals surface area contributed by atoms with E-state index in [4.69, 9.17) is 0 Å². The summed E-state index contributed by atoms with van der Waals surface area (Å²) < 4.78 is 14.2. The molecule has 20 heavy (non-hydrogen) atoms. The lowest BCUT2D eigenvalue weighted by molar-refractivity contribution is -0.111. The van der Waals surface area contributed by atoms with Crippen molar-refractivity contribution in [1.29, 1.82) is 0 Å². The minimum Gasteiger partial charge on any atom is -0.298 e. The lowest BCUT2D eigenvalue weighted by Crippen LogP contribution is -2.07. The molecule has 0 unspecified atom stereocenters. The molecule has 3 aromatic rings. The number of halogens is 1. The Hall–Kier alpha value is -2.05. The molecule has 0 saturated carbocycles. The van der Waals surface area contributed by atoms with Gasteiger partial charge in [-0.2, -0.15) is 0 Å². The van der Waals surface area contributed by atoms with Gasteiger partial charge in [0.2, 0.25) is 5.91 Å². The van der Waals surface area contributed by atoms with Gasteiger partial charge in [0.05, 0.1) is 4.70 Å². The van der Waals surface area contributed by atoms with E-state index >= 15 is 0 Å². The number of nitrogens with one attached hydrogen (secondary N) is 1. The van der Waals surface area contributed by atoms with Gasteiger partial charge >= 0.3 is 0 Å². The minimum absolute atomic E-state index is 0.280. The van der Waals surface area contributed by atoms with Crippen molar-refractivity contribution in [3.8, 4) is 0 Å². The quantitative estimate of drug-likeness (QED) is 0.739. The first kappa shape index (κ1) is 13.0. The molecule has 1 N–H and O–H groups in total. The van der Waals surface area contributed by atoms with Crippen molar-refractivity contribution in [2.75, 3.05) is 5.32 Å². The predicted molar refractivity (Wildman–Crippen MR) is 81.6 cm³/mol. The number of thiophene rings is 1. The van der Waals surface area contributed by atoms with Crippen LogP contribution < -0.4 is 5.32 Å². The SMILES string of the molecule is O=C(C=Cc1cccs1)Nc1nc2c(F)cccc2s1. The molecule has 0 fully saturated rings. The maximum atomic E-state index is 13.5. The molecule has 3 rings (SSSR count). The van der Waals surface area contributed by atoms with Crippen LogP contribution >= 0.6 is 22.7 Å². The monoisotopic (exact) mass is 304 g/mol. The van der Waals surface area contributed by atoms with E-state index in [0.29, 0.717) is 9.83 Å². The van der Waals surface area contributed by atoms with Crippen LogP contribution in [0.5, 0.6) is 0 Å². The molecular formula is C14H9FN2OS2. The van der Waals surface area contributed by atoms with E-state index in [1.54, 1.807) is 29.5 Å². The summed E-state index contributed by atoms with van der Waals surface area (Å²) in [4.78, 5) is 16.8. The largest absolute Gasteiger partial charge is 0.298 e. The number of aromatic nitrogens is 1. The number of nitrogens with zero attached hydrogens (tertiary/aromatic N) is 1. The number of hydrogen-bond acceptors (Lipinski definition) is 4. The molecule has 0 spiro atoms. The number of anilines is 1. The van der Waals surface area contributed by atoms with Gasteiger partial charge in [0.25, 0.3) is 0 Å². The van der Waals surface area contributed by atoms with Crippen molar-refractivity contribution >= 4 is 50.0 Å². The Bertz CT molecular complexity index is 778. The fourth-order valence-corrected chi connectivity index (χ4v) is 3.16. The van der Waals surface area contributed by atoms with E-state index in [-0.39, 0.29) is 17.2 Å². The highest BCUT2D eigenvalue weighted by Crippen LogP contribution is 2.27. The fraction of sp³-hybridized carbons (Fsp3) is 0. The Kier molecular flexibility index (Phi) is 3.58. The van der Waals surface area contributed by atoms with Crippen LogP contribution in [0.1, 0.15) is 4.88 Å². The Labute approximate surface area is 122 Å². The van der Waals surface area contributed by atoms with Crippen LogP contribution in [0.2, 0.25) is 0 Å². The van der Waals surface area contributed by atoms with E-state index in [2.05, 4.69) is 10.3 Å². The molecule has 0 aliphatic heterocycles. The third-order valence-corrected chi connectivity index (χ3v) is 4.32. The van der Waals surface area contributed by atoms with E-state index in [1.165, 1.54) is 23.5 Å². The molecule has 2 heterocycles. The molecule has 0 bridgehead atoms. The summed E-state index contributed by atoms with van der Waals surface area (Å²) in [7, 11) is 0. The summed E-state index contributed by atoms with van der Waals surface area (Å²) in [6.45, 7) is 0. The minimum atomic E-state index is -0.381. The third kappa shape index (κ3) is 2.76. The van der Waals surface area contributed by atoms with Crippen LogP contribution in [0, 0.1) is 5.82 Å². The first-order valence-electron chi connectivity index (χ1n) is 5.80. The highest BCUT2D eigenvalue weighted by atomic mass is 32.1. The molecule has 0 aliphatic rings. The summed E-state index contributed by atoms with van der Waals surface area (Å²) in [5, 5.41) is 4.97. The molecular weight excluding hydrogens is 295 g/mol. The predicted octanol–water partition coefficient (Wildman–Crippen LogP) is 4.15. The average Bonchev–Trinajstić information content (AvgIpc) is 3.05. The van der Waals surface area contributed by atoms with Crippen molar-refractivity contribution in [2.45, 2.75) is 0 Å². The number of carbonyl (C=O) groups excluding carboxylic acids is 1. The maximum absolute atomic E-state index is 13.5. The first-order valence-corrected chi connectivity index (χ1v) is 7.49. The Morgan fingerprint density at radius 2 is 2.20 bits per heavy atom. The second-order valence-electron chi connectivity index (χ2n) is 3.94. The second kappa shape index (κ2) is 5.52. The van der Waals surface area contributed by atoms with E-state index in [0.717, 1.165) is 4.88 Å². The van der Waals surface area contributed by atoms with Gasteiger partial charge in [-0.15, -0.1) is 11.3 Å². The van der Waals surface area contributed by atoms with Crippen LogP contribution in [0.4, 0.5) is 9.52 Å². The van der Waals surface area contributed by atoms with Crippen molar-refractivity contribution in [2.24, 2.45) is 0 Å². The summed E-state index contributed by atoms with van der Waals surface area (Å²) >= 11 is 2.80. The van der Waals surface area contributed by atoms with Crippen LogP contribution in [0.15, 0.2) is 41.8 Å². The molecule has 0 atom stereocenters. The molecule has 0 saturated heterocycles. The zero-order chi connectivity index (χ0) is 13.9. The summed E-state index contributed by atoms with van der Waals surface area (Å²) in [5.41, 5.74) is 0.287. The number of amides is 1. The van der Waals surface area contributed by atoms with Crippen molar-refractivity contribution in [3.63, 3.8) is 0 Å². The number of benzene rings is 1. The standard InChI is InChI=1S/C14H9FN2OS2/c15-10-4-1-5-11-13(10)17-14(20-11)16-12(18)7-6-9-3-2-8-19-9/h1-8H,(H,16,17,18). The number of fused-ring (bicyclic) bond motifs is 1. The molecule has 1 aromatic carbocycles. The zero-order valence-corrected chi connectivity index (χ0v) is 11.8. The van der Waals surface area contributed by atoms with Crippen molar-refractivity contribution in [1.82, 2.24) is 4.98 Å².